The molecule has 2 rings (SSSR count). The van der Waals surface area contributed by atoms with Crippen LogP contribution in [0.25, 0.3) is 11.3 Å². The minimum absolute atomic E-state index is 0.264. The Kier molecular flexibility index (Phi) is 5.38. The Morgan fingerprint density at radius 1 is 1.43 bits per heavy atom. The molecule has 23 heavy (non-hydrogen) atoms. The van der Waals surface area contributed by atoms with Crippen LogP contribution in [-0.4, -0.2) is 34.8 Å². The number of aryl methyl sites for hydroxylation is 1. The lowest BCUT2D eigenvalue weighted by atomic mass is 10.1. The third-order valence-electron chi connectivity index (χ3n) is 3.12. The molecule has 0 unspecified atom stereocenters. The van der Waals surface area contributed by atoms with E-state index in [2.05, 4.69) is 10.3 Å². The van der Waals surface area contributed by atoms with E-state index in [1.807, 2.05) is 12.3 Å². The zero-order valence-electron chi connectivity index (χ0n) is 12.2. The summed E-state index contributed by atoms with van der Waals surface area (Å²) in [5.41, 5.74) is 1.83. The number of hydrogen-bond acceptors (Lipinski definition) is 4. The first-order valence-corrected chi connectivity index (χ1v) is 7.71. The molecule has 8 heteroatoms. The summed E-state index contributed by atoms with van der Waals surface area (Å²) >= 11 is 1.49. The molecule has 0 aliphatic heterocycles. The van der Waals surface area contributed by atoms with Gasteiger partial charge in [0.05, 0.1) is 10.7 Å². The monoisotopic (exact) mass is 344 g/mol. The maximum atomic E-state index is 12.2. The zero-order valence-corrected chi connectivity index (χ0v) is 13.0. The maximum absolute atomic E-state index is 12.2. The van der Waals surface area contributed by atoms with Crippen molar-refractivity contribution in [1.82, 2.24) is 10.3 Å². The van der Waals surface area contributed by atoms with Crippen LogP contribution in [0.3, 0.4) is 0 Å². The van der Waals surface area contributed by atoms with E-state index < -0.39 is 24.6 Å². The van der Waals surface area contributed by atoms with Gasteiger partial charge in [-0.1, -0.05) is 12.1 Å². The molecule has 0 aliphatic rings. The number of nitrogens with zero attached hydrogens (tertiary/aromatic N) is 1. The zero-order chi connectivity index (χ0) is 17.0. The van der Waals surface area contributed by atoms with Gasteiger partial charge in [0, 0.05) is 23.1 Å². The van der Waals surface area contributed by atoms with E-state index >= 15 is 0 Å². The van der Waals surface area contributed by atoms with Gasteiger partial charge in [-0.05, 0) is 25.5 Å². The van der Waals surface area contributed by atoms with Gasteiger partial charge in [0.25, 0.3) is 5.91 Å². The number of rotatable bonds is 5. The molecule has 1 amide bonds. The third kappa shape index (κ3) is 4.77. The fourth-order valence-electron chi connectivity index (χ4n) is 1.90. The summed E-state index contributed by atoms with van der Waals surface area (Å²) in [4.78, 5) is 16.3. The van der Waals surface area contributed by atoms with Gasteiger partial charge in [0.15, 0.2) is 6.10 Å². The molecule has 1 aromatic heterocycles. The van der Waals surface area contributed by atoms with Crippen LogP contribution in [0.4, 0.5) is 13.2 Å². The third-order valence-corrected chi connectivity index (χ3v) is 3.89. The Balaban J connectivity index is 1.98. The van der Waals surface area contributed by atoms with E-state index in [0.717, 1.165) is 16.3 Å². The van der Waals surface area contributed by atoms with Crippen molar-refractivity contribution in [2.75, 3.05) is 6.54 Å². The van der Waals surface area contributed by atoms with Gasteiger partial charge in [-0.15, -0.1) is 11.3 Å². The van der Waals surface area contributed by atoms with Crippen molar-refractivity contribution in [3.63, 3.8) is 0 Å². The smallest absolute Gasteiger partial charge is 0.384 e. The number of aliphatic hydroxyl groups excluding tert-OH is 1. The van der Waals surface area contributed by atoms with Gasteiger partial charge in [0.1, 0.15) is 0 Å². The fraction of sp³-hybridized carbons (Fsp3) is 0.333. The summed E-state index contributed by atoms with van der Waals surface area (Å²) in [5.74, 6) is -0.492. The predicted molar refractivity (Wildman–Crippen MR) is 81.3 cm³/mol. The highest BCUT2D eigenvalue weighted by Gasteiger charge is 2.37. The van der Waals surface area contributed by atoms with Gasteiger partial charge in [-0.25, -0.2) is 4.98 Å². The Hall–Kier alpha value is -1.93. The summed E-state index contributed by atoms with van der Waals surface area (Å²) in [6.45, 7) is 1.61. The largest absolute Gasteiger partial charge is 0.414 e. The van der Waals surface area contributed by atoms with Gasteiger partial charge >= 0.3 is 6.18 Å². The first-order chi connectivity index (χ1) is 10.8. The van der Waals surface area contributed by atoms with Crippen molar-refractivity contribution in [3.05, 3.63) is 40.2 Å². The first-order valence-electron chi connectivity index (χ1n) is 6.83. The molecule has 0 aliphatic carbocycles. The lowest BCUT2D eigenvalue weighted by Gasteiger charge is -2.14. The lowest BCUT2D eigenvalue weighted by Crippen LogP contribution is -2.34. The molecule has 1 atom stereocenters. The molecule has 124 valence electrons. The summed E-state index contributed by atoms with van der Waals surface area (Å²) in [5, 5.41) is 14.0. The van der Waals surface area contributed by atoms with E-state index in [0.29, 0.717) is 5.56 Å². The Morgan fingerprint density at radius 3 is 2.78 bits per heavy atom. The van der Waals surface area contributed by atoms with E-state index in [-0.39, 0.29) is 6.54 Å². The van der Waals surface area contributed by atoms with Crippen molar-refractivity contribution in [1.29, 1.82) is 0 Å². The van der Waals surface area contributed by atoms with E-state index in [4.69, 9.17) is 5.11 Å². The van der Waals surface area contributed by atoms with Crippen LogP contribution in [0.2, 0.25) is 0 Å². The molecule has 0 saturated heterocycles. The molecule has 2 N–H and O–H groups in total. The Labute approximate surface area is 135 Å². The molecule has 2 aromatic rings. The molecule has 1 heterocycles. The van der Waals surface area contributed by atoms with Crippen LogP contribution < -0.4 is 5.32 Å². The normalized spacial score (nSPS) is 12.9. The number of aromatic nitrogens is 1. The van der Waals surface area contributed by atoms with Crippen LogP contribution in [0.15, 0.2) is 29.6 Å². The molecular weight excluding hydrogens is 329 g/mol. The molecular formula is C15H15F3N2O2S. The number of hydrogen-bond donors (Lipinski definition) is 2. The number of halogens is 3. The molecule has 1 aromatic carbocycles. The molecule has 4 nitrogen and oxygen atoms in total. The molecule has 0 radical (unpaired) electrons. The topological polar surface area (TPSA) is 62.2 Å². The number of benzene rings is 1. The van der Waals surface area contributed by atoms with Crippen LogP contribution >= 0.6 is 11.3 Å². The second-order valence-corrected chi connectivity index (χ2v) is 6.00. The van der Waals surface area contributed by atoms with Gasteiger partial charge < -0.3 is 10.4 Å². The van der Waals surface area contributed by atoms with Crippen LogP contribution in [0.5, 0.6) is 0 Å². The number of nitrogens with one attached hydrogen (secondary N) is 1. The number of carbonyl (C=O) groups excluding carboxylic acids is 1. The number of thiazole rings is 1. The van der Waals surface area contributed by atoms with Crippen LogP contribution in [0, 0.1) is 6.92 Å². The SMILES string of the molecule is Cc1nc(-c2cccc(C(=O)NCC[C@H](O)C(F)(F)F)c2)cs1. The Morgan fingerprint density at radius 2 is 2.17 bits per heavy atom. The fourth-order valence-corrected chi connectivity index (χ4v) is 2.53. The van der Waals surface area contributed by atoms with E-state index in [1.165, 1.54) is 11.3 Å². The molecule has 0 fully saturated rings. The molecule has 0 bridgehead atoms. The lowest BCUT2D eigenvalue weighted by molar-refractivity contribution is -0.204. The summed E-state index contributed by atoms with van der Waals surface area (Å²) in [7, 11) is 0. The summed E-state index contributed by atoms with van der Waals surface area (Å²) < 4.78 is 36.5. The average molecular weight is 344 g/mol. The van der Waals surface area contributed by atoms with Crippen molar-refractivity contribution >= 4 is 17.2 Å². The van der Waals surface area contributed by atoms with Gasteiger partial charge in [-0.3, -0.25) is 4.79 Å². The van der Waals surface area contributed by atoms with Gasteiger partial charge in [0.2, 0.25) is 0 Å². The number of carbonyl (C=O) groups is 1. The van der Waals surface area contributed by atoms with E-state index in [1.54, 1.807) is 24.3 Å². The first kappa shape index (κ1) is 17.4. The second kappa shape index (κ2) is 7.10. The van der Waals surface area contributed by atoms with E-state index in [9.17, 15) is 18.0 Å². The number of aliphatic hydroxyl groups is 1. The quantitative estimate of drug-likeness (QED) is 0.876. The second-order valence-electron chi connectivity index (χ2n) is 4.93. The number of alkyl halides is 3. The summed E-state index contributed by atoms with van der Waals surface area (Å²) in [6, 6.07) is 6.68. The summed E-state index contributed by atoms with van der Waals surface area (Å²) in [6.07, 6.45) is -7.69. The number of amides is 1. The average Bonchev–Trinajstić information content (AvgIpc) is 2.93. The van der Waals surface area contributed by atoms with Crippen LogP contribution in [0.1, 0.15) is 21.8 Å². The molecule has 0 saturated carbocycles. The highest BCUT2D eigenvalue weighted by molar-refractivity contribution is 7.09. The maximum Gasteiger partial charge on any atom is 0.414 e. The predicted octanol–water partition coefficient (Wildman–Crippen LogP) is 3.16. The highest BCUT2D eigenvalue weighted by Crippen LogP contribution is 2.23. The molecule has 0 spiro atoms. The van der Waals surface area contributed by atoms with Crippen molar-refractivity contribution in [2.24, 2.45) is 0 Å². The van der Waals surface area contributed by atoms with Crippen LogP contribution in [-0.2, 0) is 0 Å². The van der Waals surface area contributed by atoms with Crippen molar-refractivity contribution < 1.29 is 23.1 Å². The minimum Gasteiger partial charge on any atom is -0.384 e. The highest BCUT2D eigenvalue weighted by atomic mass is 32.1. The van der Waals surface area contributed by atoms with Crippen molar-refractivity contribution in [2.45, 2.75) is 25.6 Å². The standard InChI is InChI=1S/C15H15F3N2O2S/c1-9-20-12(8-23-9)10-3-2-4-11(7-10)14(22)19-6-5-13(21)15(16,17)18/h2-4,7-8,13,21H,5-6H2,1H3,(H,19,22)/t13-/m0/s1. The van der Waals surface area contributed by atoms with Gasteiger partial charge in [-0.2, -0.15) is 13.2 Å². The minimum atomic E-state index is -4.67. The van der Waals surface area contributed by atoms with Crippen molar-refractivity contribution in [3.8, 4) is 11.3 Å². The Bertz CT molecular complexity index is 685.